The normalized spacial score (nSPS) is 10.5. The first-order chi connectivity index (χ1) is 11.8. The van der Waals surface area contributed by atoms with E-state index in [9.17, 15) is 0 Å². The van der Waals surface area contributed by atoms with Gasteiger partial charge in [-0.25, -0.2) is 0 Å². The Hall–Kier alpha value is -2.20. The predicted molar refractivity (Wildman–Crippen MR) is 107 cm³/mol. The van der Waals surface area contributed by atoms with Gasteiger partial charge in [-0.15, -0.1) is 0 Å². The number of nitrogens with zero attached hydrogens (tertiary/aromatic N) is 2. The van der Waals surface area contributed by atoms with Gasteiger partial charge in [-0.05, 0) is 62.2 Å². The fraction of sp³-hybridized carbons (Fsp3) is 0.350. The number of halogens is 1. The summed E-state index contributed by atoms with van der Waals surface area (Å²) in [5, 5.41) is 8.89. The van der Waals surface area contributed by atoms with Gasteiger partial charge in [-0.1, -0.05) is 11.6 Å². The molecular formula is C20H26ClN3O. The van der Waals surface area contributed by atoms with Crippen molar-refractivity contribution in [1.82, 2.24) is 4.90 Å². The Morgan fingerprint density at radius 1 is 1.12 bits per heavy atom. The number of anilines is 2. The molecule has 0 saturated carbocycles. The van der Waals surface area contributed by atoms with Gasteiger partial charge in [0.25, 0.3) is 0 Å². The van der Waals surface area contributed by atoms with Crippen LogP contribution < -0.4 is 9.64 Å². The highest BCUT2D eigenvalue weighted by molar-refractivity contribution is 6.34. The molecular weight excluding hydrogens is 334 g/mol. The van der Waals surface area contributed by atoms with Crippen LogP contribution in [0.3, 0.4) is 0 Å². The standard InChI is InChI=1S/C20H26ClN3O/c1-7-23(4)20(22)16-11-13(2)18(12-17(16)21)24(5)15-8-9-19(25-6)14(3)10-15/h8-12,22H,7H2,1-6H3. The van der Waals surface area contributed by atoms with Crippen LogP contribution in [0.2, 0.25) is 5.02 Å². The fourth-order valence-corrected chi connectivity index (χ4v) is 3.04. The van der Waals surface area contributed by atoms with E-state index in [1.54, 1.807) is 7.11 Å². The Morgan fingerprint density at radius 3 is 2.36 bits per heavy atom. The number of hydrogen-bond donors (Lipinski definition) is 1. The Labute approximate surface area is 155 Å². The van der Waals surface area contributed by atoms with E-state index in [1.807, 2.05) is 64.0 Å². The summed E-state index contributed by atoms with van der Waals surface area (Å²) in [5.41, 5.74) is 4.99. The maximum absolute atomic E-state index is 8.30. The van der Waals surface area contributed by atoms with E-state index in [2.05, 4.69) is 11.0 Å². The third-order valence-corrected chi connectivity index (χ3v) is 4.84. The summed E-state index contributed by atoms with van der Waals surface area (Å²) < 4.78 is 5.34. The number of benzene rings is 2. The molecule has 0 spiro atoms. The van der Waals surface area contributed by atoms with Crippen LogP contribution in [0.1, 0.15) is 23.6 Å². The largest absolute Gasteiger partial charge is 0.496 e. The Bertz CT molecular complexity index is 789. The van der Waals surface area contributed by atoms with Crippen LogP contribution >= 0.6 is 11.6 Å². The van der Waals surface area contributed by atoms with E-state index in [0.29, 0.717) is 10.9 Å². The average Bonchev–Trinajstić information content (AvgIpc) is 2.61. The SMILES string of the molecule is CCN(C)C(=N)c1cc(C)c(N(C)c2ccc(OC)c(C)c2)cc1Cl. The molecule has 2 aromatic rings. The van der Waals surface area contributed by atoms with E-state index < -0.39 is 0 Å². The monoisotopic (exact) mass is 359 g/mol. The number of hydrogen-bond acceptors (Lipinski definition) is 3. The van der Waals surface area contributed by atoms with Crippen molar-refractivity contribution in [2.75, 3.05) is 32.6 Å². The van der Waals surface area contributed by atoms with Crippen molar-refractivity contribution in [2.45, 2.75) is 20.8 Å². The molecule has 134 valence electrons. The van der Waals surface area contributed by atoms with Gasteiger partial charge in [0.05, 0.1) is 12.1 Å². The van der Waals surface area contributed by atoms with Crippen LogP contribution in [0.5, 0.6) is 5.75 Å². The Morgan fingerprint density at radius 2 is 1.80 bits per heavy atom. The van der Waals surface area contributed by atoms with Crippen LogP contribution in [-0.4, -0.2) is 38.5 Å². The van der Waals surface area contributed by atoms with Crippen LogP contribution in [0.4, 0.5) is 11.4 Å². The second kappa shape index (κ2) is 7.79. The van der Waals surface area contributed by atoms with E-state index in [-0.39, 0.29) is 0 Å². The van der Waals surface area contributed by atoms with Crippen LogP contribution in [0.15, 0.2) is 30.3 Å². The van der Waals surface area contributed by atoms with Crippen molar-refractivity contribution >= 4 is 28.8 Å². The first kappa shape index (κ1) is 19.1. The maximum Gasteiger partial charge on any atom is 0.129 e. The van der Waals surface area contributed by atoms with Gasteiger partial charge >= 0.3 is 0 Å². The lowest BCUT2D eigenvalue weighted by atomic mass is 10.1. The summed E-state index contributed by atoms with van der Waals surface area (Å²) >= 11 is 6.49. The summed E-state index contributed by atoms with van der Waals surface area (Å²) in [6, 6.07) is 10.0. The van der Waals surface area contributed by atoms with E-state index in [1.165, 1.54) is 0 Å². The summed E-state index contributed by atoms with van der Waals surface area (Å²) in [4.78, 5) is 3.97. The molecule has 0 amide bonds. The lowest BCUT2D eigenvalue weighted by Gasteiger charge is -2.25. The minimum absolute atomic E-state index is 0.435. The highest BCUT2D eigenvalue weighted by Crippen LogP contribution is 2.33. The van der Waals surface area contributed by atoms with Gasteiger partial charge < -0.3 is 14.5 Å². The van der Waals surface area contributed by atoms with Gasteiger partial charge in [0, 0.05) is 37.6 Å². The van der Waals surface area contributed by atoms with Crippen molar-refractivity contribution in [3.05, 3.63) is 52.0 Å². The molecule has 1 N–H and O–H groups in total. The lowest BCUT2D eigenvalue weighted by molar-refractivity contribution is 0.412. The zero-order chi connectivity index (χ0) is 18.7. The first-order valence-electron chi connectivity index (χ1n) is 8.28. The molecule has 0 heterocycles. The van der Waals surface area contributed by atoms with E-state index >= 15 is 0 Å². The molecule has 0 atom stereocenters. The van der Waals surface area contributed by atoms with Crippen molar-refractivity contribution in [3.8, 4) is 5.75 Å². The maximum atomic E-state index is 8.30. The second-order valence-electron chi connectivity index (χ2n) is 6.19. The zero-order valence-corrected chi connectivity index (χ0v) is 16.5. The van der Waals surface area contributed by atoms with Crippen LogP contribution in [-0.2, 0) is 0 Å². The van der Waals surface area contributed by atoms with E-state index in [4.69, 9.17) is 21.7 Å². The molecule has 2 rings (SSSR count). The van der Waals surface area contributed by atoms with Gasteiger partial charge in [-0.3, -0.25) is 5.41 Å². The zero-order valence-electron chi connectivity index (χ0n) is 15.8. The summed E-state index contributed by atoms with van der Waals surface area (Å²) in [5.74, 6) is 1.31. The van der Waals surface area contributed by atoms with Gasteiger partial charge in [0.1, 0.15) is 11.6 Å². The Kier molecular flexibility index (Phi) is 5.96. The smallest absolute Gasteiger partial charge is 0.129 e. The molecule has 0 unspecified atom stereocenters. The van der Waals surface area contributed by atoms with E-state index in [0.717, 1.165) is 40.4 Å². The summed E-state index contributed by atoms with van der Waals surface area (Å²) in [6.07, 6.45) is 0. The topological polar surface area (TPSA) is 39.6 Å². The van der Waals surface area contributed by atoms with Crippen molar-refractivity contribution in [1.29, 1.82) is 5.41 Å². The minimum atomic E-state index is 0.435. The summed E-state index contributed by atoms with van der Waals surface area (Å²) in [6.45, 7) is 6.85. The molecule has 0 aliphatic rings. The first-order valence-corrected chi connectivity index (χ1v) is 8.66. The molecule has 0 bridgehead atoms. The van der Waals surface area contributed by atoms with Crippen molar-refractivity contribution < 1.29 is 4.74 Å². The predicted octanol–water partition coefficient (Wildman–Crippen LogP) is 5.01. The number of methoxy groups -OCH3 is 1. The molecule has 0 aliphatic carbocycles. The van der Waals surface area contributed by atoms with Crippen LogP contribution in [0, 0.1) is 19.3 Å². The minimum Gasteiger partial charge on any atom is -0.496 e. The number of aryl methyl sites for hydroxylation is 2. The summed E-state index contributed by atoms with van der Waals surface area (Å²) in [7, 11) is 5.59. The Balaban J connectivity index is 2.41. The van der Waals surface area contributed by atoms with Crippen molar-refractivity contribution in [3.63, 3.8) is 0 Å². The van der Waals surface area contributed by atoms with Crippen molar-refractivity contribution in [2.24, 2.45) is 0 Å². The lowest BCUT2D eigenvalue weighted by Crippen LogP contribution is -2.26. The molecule has 5 heteroatoms. The second-order valence-corrected chi connectivity index (χ2v) is 6.60. The highest BCUT2D eigenvalue weighted by Gasteiger charge is 2.16. The molecule has 0 aliphatic heterocycles. The fourth-order valence-electron chi connectivity index (χ4n) is 2.79. The van der Waals surface area contributed by atoms with Gasteiger partial charge in [0.15, 0.2) is 0 Å². The molecule has 0 radical (unpaired) electrons. The molecule has 0 aromatic heterocycles. The number of rotatable bonds is 5. The molecule has 0 fully saturated rings. The number of ether oxygens (including phenoxy) is 1. The third-order valence-electron chi connectivity index (χ3n) is 4.52. The highest BCUT2D eigenvalue weighted by atomic mass is 35.5. The number of amidine groups is 1. The number of nitrogens with one attached hydrogen (secondary N) is 1. The van der Waals surface area contributed by atoms with Gasteiger partial charge in [0.2, 0.25) is 0 Å². The molecule has 25 heavy (non-hydrogen) atoms. The quantitative estimate of drug-likeness (QED) is 0.602. The third kappa shape index (κ3) is 3.90. The molecule has 0 saturated heterocycles. The molecule has 4 nitrogen and oxygen atoms in total. The van der Waals surface area contributed by atoms with Gasteiger partial charge in [-0.2, -0.15) is 0 Å². The average molecular weight is 360 g/mol. The van der Waals surface area contributed by atoms with Crippen LogP contribution in [0.25, 0.3) is 0 Å². The molecule has 2 aromatic carbocycles.